The number of carboxylic acids is 1. The molecule has 1 aromatic carbocycles. The highest BCUT2D eigenvalue weighted by Crippen LogP contribution is 2.32. The van der Waals surface area contributed by atoms with Crippen LogP contribution in [0.3, 0.4) is 0 Å². The first kappa shape index (κ1) is 25.4. The van der Waals surface area contributed by atoms with Gasteiger partial charge in [0, 0.05) is 6.42 Å². The molecule has 0 spiro atoms. The first-order valence-electron chi connectivity index (χ1n) is 12.6. The van der Waals surface area contributed by atoms with Gasteiger partial charge in [-0.3, -0.25) is 9.36 Å². The number of hydrogen-bond donors (Lipinski definition) is 5. The van der Waals surface area contributed by atoms with Gasteiger partial charge < -0.3 is 36.1 Å². The molecule has 2 aromatic heterocycles. The summed E-state index contributed by atoms with van der Waals surface area (Å²) in [7, 11) is -5.58. The molecule has 1 unspecified atom stereocenters. The Kier molecular flexibility index (Phi) is 8.25. The normalized spacial score (nSPS) is 24.5. The van der Waals surface area contributed by atoms with E-state index in [2.05, 4.69) is 15.0 Å². The van der Waals surface area contributed by atoms with Gasteiger partial charge in [-0.1, -0.05) is 17.7 Å². The molecule has 0 aliphatic carbocycles. The molecule has 0 saturated carbocycles. The highest BCUT2D eigenvalue weighted by Gasteiger charge is 2.46. The van der Waals surface area contributed by atoms with Crippen LogP contribution in [0.5, 0.6) is 0 Å². The molecule has 0 amide bonds. The molecule has 208 valence electrons. The van der Waals surface area contributed by atoms with E-state index in [4.69, 9.17) is 25.4 Å². The average Bonchev–Trinajstić information content (AvgIpc) is 3.43. The number of benzene rings is 1. The molecule has 3 heterocycles. The minimum atomic E-state index is -4.27. The number of aliphatic hydroxyl groups excluding tert-OH is 2. The van der Waals surface area contributed by atoms with Crippen molar-refractivity contribution in [1.82, 2.24) is 19.5 Å². The summed E-state index contributed by atoms with van der Waals surface area (Å²) < 4.78 is 61.6. The third kappa shape index (κ3) is 7.16. The summed E-state index contributed by atoms with van der Waals surface area (Å²) in [5, 5.41) is 29.9. The minimum absolute atomic E-state index is 0.0229. The van der Waals surface area contributed by atoms with Gasteiger partial charge in [0.15, 0.2) is 17.7 Å². The molecule has 1 saturated heterocycles. The van der Waals surface area contributed by atoms with Crippen molar-refractivity contribution in [3.8, 4) is 0 Å². The summed E-state index contributed by atoms with van der Waals surface area (Å²) in [6, 6.07) is 4.60. The fourth-order valence-electron chi connectivity index (χ4n) is 3.53. The lowest BCUT2D eigenvalue weighted by molar-refractivity contribution is -0.138. The second-order valence-electron chi connectivity index (χ2n) is 8.49. The number of imidazole rings is 1. The zero-order valence-electron chi connectivity index (χ0n) is 23.1. The van der Waals surface area contributed by atoms with Crippen molar-refractivity contribution >= 4 is 44.0 Å². The zero-order valence-corrected chi connectivity index (χ0v) is 21.7. The molecule has 0 radical (unpaired) electrons. The average molecular weight is 574 g/mol. The van der Waals surface area contributed by atoms with Gasteiger partial charge in [-0.15, -0.1) is 0 Å². The molecule has 1 fully saturated rings. The Morgan fingerprint density at radius 3 is 2.55 bits per heavy atom. The van der Waals surface area contributed by atoms with E-state index in [1.165, 1.54) is 29.4 Å². The fraction of sp³-hybridized carbons (Fsp3) is 0.455. The summed E-state index contributed by atoms with van der Waals surface area (Å²) in [6.45, 7) is 1.82. The summed E-state index contributed by atoms with van der Waals surface area (Å²) in [5.74, 6) is -1.15. The number of nitrogens with zero attached hydrogens (tertiary/aromatic N) is 4. The minimum Gasteiger partial charge on any atom is -0.744 e. The van der Waals surface area contributed by atoms with Crippen molar-refractivity contribution in [2.75, 3.05) is 23.4 Å². The van der Waals surface area contributed by atoms with Crippen LogP contribution in [0.25, 0.3) is 11.2 Å². The molecule has 6 atom stereocenters. The quantitative estimate of drug-likeness (QED) is 0.160. The van der Waals surface area contributed by atoms with Crippen LogP contribution in [0.15, 0.2) is 41.8 Å². The van der Waals surface area contributed by atoms with Crippen molar-refractivity contribution in [2.45, 2.75) is 48.8 Å². The van der Waals surface area contributed by atoms with E-state index < -0.39 is 63.7 Å². The summed E-state index contributed by atoms with van der Waals surface area (Å²) in [4.78, 5) is 22.7. The smallest absolute Gasteiger partial charge is 0.320 e. The van der Waals surface area contributed by atoms with Gasteiger partial charge in [0.1, 0.15) is 57.8 Å². The largest absolute Gasteiger partial charge is 0.744 e. The number of hydrogen-bond acceptors (Lipinski definition) is 12. The number of nitrogen functional groups attached to an aromatic ring is 1. The maximum atomic E-state index is 10.9. The number of ether oxygens (including phenoxy) is 1. The SMILES string of the molecule is Cc1ccc(S(=O)(=O)[O-])cc1.[2H]C([2H])([2H])[S+](CC[C@H](N)C(=O)O)C[C@H]1O[C@@H](n2cnc3c(N)ncnc32)[C@H](O)[C@@H]1O. The van der Waals surface area contributed by atoms with Gasteiger partial charge in [-0.05, 0) is 30.0 Å². The molecular formula is C22H30N6O8S2. The fourth-order valence-corrected chi connectivity index (χ4v) is 5.38. The first-order chi connectivity index (χ1) is 19.0. The molecule has 1 aliphatic rings. The van der Waals surface area contributed by atoms with E-state index >= 15 is 0 Å². The monoisotopic (exact) mass is 573 g/mol. The van der Waals surface area contributed by atoms with Gasteiger partial charge in [0.05, 0.1) is 21.5 Å². The molecule has 0 bridgehead atoms. The van der Waals surface area contributed by atoms with Crippen LogP contribution in [-0.2, 0) is 30.5 Å². The van der Waals surface area contributed by atoms with Crippen LogP contribution in [0.4, 0.5) is 5.82 Å². The standard InChI is InChI=1S/C15H22N6O5S.C7H8O3S/c1-27(3-2-7(16)15(24)25)4-8-10(22)11(23)14(26-8)21-6-20-9-12(17)18-5-19-13(9)21;1-6-2-4-7(5-3-6)11(8,9)10/h5-8,10-11,14,22-23H,2-4,16H2,1H3,(H2-,17,18,19,24,25);2-5H,1H3,(H,8,9,10)/t7-,8+,10+,11+,14+,27?;/m0./s1/i1D3;. The van der Waals surface area contributed by atoms with Crippen LogP contribution in [0, 0.1) is 6.92 Å². The third-order valence-corrected chi connectivity index (χ3v) is 7.97. The number of aliphatic hydroxyl groups is 2. The van der Waals surface area contributed by atoms with Crippen LogP contribution >= 0.6 is 0 Å². The van der Waals surface area contributed by atoms with Gasteiger partial charge in [-0.2, -0.15) is 0 Å². The van der Waals surface area contributed by atoms with E-state index in [0.717, 1.165) is 5.56 Å². The Labute approximate surface area is 226 Å². The highest BCUT2D eigenvalue weighted by molar-refractivity contribution is 7.96. The lowest BCUT2D eigenvalue weighted by atomic mass is 10.1. The maximum absolute atomic E-state index is 10.9. The van der Waals surface area contributed by atoms with Crippen molar-refractivity contribution in [3.63, 3.8) is 0 Å². The molecule has 1 aliphatic heterocycles. The van der Waals surface area contributed by atoms with Gasteiger partial charge in [0.25, 0.3) is 0 Å². The Hall–Kier alpha value is -2.86. The number of anilines is 1. The van der Waals surface area contributed by atoms with Crippen LogP contribution in [0.1, 0.15) is 22.3 Å². The van der Waals surface area contributed by atoms with Crippen molar-refractivity contribution < 1.29 is 41.9 Å². The number of carbonyl (C=O) groups is 1. The molecule has 38 heavy (non-hydrogen) atoms. The highest BCUT2D eigenvalue weighted by atomic mass is 32.2. The third-order valence-electron chi connectivity index (χ3n) is 5.67. The zero-order chi connectivity index (χ0) is 30.7. The number of aryl methyl sites for hydroxylation is 1. The summed E-state index contributed by atoms with van der Waals surface area (Å²) >= 11 is 0. The lowest BCUT2D eigenvalue weighted by Gasteiger charge is -2.16. The number of aliphatic carboxylic acids is 1. The van der Waals surface area contributed by atoms with E-state index in [1.54, 1.807) is 12.1 Å². The molecule has 4 rings (SSSR count). The number of fused-ring (bicyclic) bond motifs is 1. The molecule has 3 aromatic rings. The number of aromatic nitrogens is 4. The van der Waals surface area contributed by atoms with Crippen molar-refractivity contribution in [3.05, 3.63) is 42.5 Å². The second kappa shape index (κ2) is 12.3. The number of nitrogens with two attached hydrogens (primary N) is 2. The molecular weight excluding hydrogens is 540 g/mol. The van der Waals surface area contributed by atoms with E-state index in [-0.39, 0.29) is 28.6 Å². The maximum Gasteiger partial charge on any atom is 0.320 e. The first-order valence-corrected chi connectivity index (χ1v) is 14.1. The topological polar surface area (TPSA) is 240 Å². The predicted octanol–water partition coefficient (Wildman–Crippen LogP) is -1.02. The lowest BCUT2D eigenvalue weighted by Crippen LogP contribution is -2.37. The molecule has 14 nitrogen and oxygen atoms in total. The van der Waals surface area contributed by atoms with Gasteiger partial charge in [-0.25, -0.2) is 23.4 Å². The van der Waals surface area contributed by atoms with Crippen molar-refractivity contribution in [1.29, 1.82) is 0 Å². The Morgan fingerprint density at radius 1 is 1.26 bits per heavy atom. The van der Waals surface area contributed by atoms with Crippen LogP contribution < -0.4 is 11.5 Å². The van der Waals surface area contributed by atoms with Crippen molar-refractivity contribution in [2.24, 2.45) is 5.73 Å². The van der Waals surface area contributed by atoms with Gasteiger partial charge >= 0.3 is 5.97 Å². The molecule has 16 heteroatoms. The summed E-state index contributed by atoms with van der Waals surface area (Å²) in [5.41, 5.74) is 12.8. The Bertz CT molecular complexity index is 1460. The molecule has 7 N–H and O–H groups in total. The Morgan fingerprint density at radius 2 is 1.95 bits per heavy atom. The van der Waals surface area contributed by atoms with E-state index in [9.17, 15) is 28.0 Å². The van der Waals surface area contributed by atoms with Crippen LogP contribution in [-0.4, -0.2) is 95.8 Å². The van der Waals surface area contributed by atoms with E-state index in [0.29, 0.717) is 11.2 Å². The van der Waals surface area contributed by atoms with Gasteiger partial charge in [0.2, 0.25) is 0 Å². The predicted molar refractivity (Wildman–Crippen MR) is 138 cm³/mol. The number of carboxylic acid groups (broad SMARTS) is 1. The summed E-state index contributed by atoms with van der Waals surface area (Å²) in [6.07, 6.45) is -4.65. The Balaban J connectivity index is 0.000000352. The number of rotatable bonds is 8. The van der Waals surface area contributed by atoms with E-state index in [1.807, 2.05) is 6.92 Å². The second-order valence-corrected chi connectivity index (χ2v) is 11.6. The van der Waals surface area contributed by atoms with Crippen LogP contribution in [0.2, 0.25) is 0 Å².